The molecule has 0 aliphatic carbocycles. The molecule has 26 heavy (non-hydrogen) atoms. The lowest BCUT2D eigenvalue weighted by Gasteiger charge is -2.07. The van der Waals surface area contributed by atoms with Gasteiger partial charge in [-0.15, -0.1) is 11.3 Å². The number of aromatic nitrogens is 1. The largest absolute Gasteiger partial charge is 0.397 e. The van der Waals surface area contributed by atoms with Gasteiger partial charge >= 0.3 is 0 Å². The van der Waals surface area contributed by atoms with Crippen LogP contribution in [0.4, 0.5) is 11.4 Å². The third-order valence-corrected chi connectivity index (χ3v) is 5.47. The number of hydrogen-bond donors (Lipinski definition) is 2. The molecule has 3 N–H and O–H groups in total. The van der Waals surface area contributed by atoms with Crippen molar-refractivity contribution in [3.8, 4) is 0 Å². The van der Waals surface area contributed by atoms with Crippen molar-refractivity contribution in [1.29, 1.82) is 0 Å². The summed E-state index contributed by atoms with van der Waals surface area (Å²) in [6.07, 6.45) is 0. The Hall–Kier alpha value is -2.92. The van der Waals surface area contributed by atoms with Gasteiger partial charge in [-0.25, -0.2) is 4.98 Å². The van der Waals surface area contributed by atoms with Gasteiger partial charge in [0.1, 0.15) is 9.71 Å². The summed E-state index contributed by atoms with van der Waals surface area (Å²) in [5.41, 5.74) is 11.8. The molecule has 0 bridgehead atoms. The molecule has 4 rings (SSSR count). The van der Waals surface area contributed by atoms with Crippen LogP contribution in [0.5, 0.6) is 0 Å². The Morgan fingerprint density at radius 3 is 2.46 bits per heavy atom. The topological polar surface area (TPSA) is 68.0 Å². The smallest absolute Gasteiger partial charge is 0.267 e. The fourth-order valence-corrected chi connectivity index (χ4v) is 4.21. The lowest BCUT2D eigenvalue weighted by Crippen LogP contribution is -2.12. The summed E-state index contributed by atoms with van der Waals surface area (Å²) in [4.78, 5) is 18.7. The molecule has 2 heterocycles. The summed E-state index contributed by atoms with van der Waals surface area (Å²) in [5, 5.41) is 4.82. The van der Waals surface area contributed by atoms with Crippen LogP contribution in [0.3, 0.4) is 0 Å². The van der Waals surface area contributed by atoms with Crippen molar-refractivity contribution in [2.75, 3.05) is 11.1 Å². The number of carbonyl (C=O) groups is 1. The van der Waals surface area contributed by atoms with Gasteiger partial charge in [-0.05, 0) is 62.2 Å². The predicted octanol–water partition coefficient (Wildman–Crippen LogP) is 5.21. The van der Waals surface area contributed by atoms with E-state index in [-0.39, 0.29) is 5.91 Å². The zero-order valence-electron chi connectivity index (χ0n) is 14.9. The highest BCUT2D eigenvalue weighted by Crippen LogP contribution is 2.35. The summed E-state index contributed by atoms with van der Waals surface area (Å²) in [6.45, 7) is 6.06. The van der Waals surface area contributed by atoms with Crippen LogP contribution in [0.15, 0.2) is 42.5 Å². The summed E-state index contributed by atoms with van der Waals surface area (Å²) in [5.74, 6) is -0.198. The molecular formula is C21H19N3OS. The Morgan fingerprint density at radius 1 is 1.00 bits per heavy atom. The van der Waals surface area contributed by atoms with E-state index in [9.17, 15) is 4.79 Å². The van der Waals surface area contributed by atoms with Crippen molar-refractivity contribution in [3.63, 3.8) is 0 Å². The van der Waals surface area contributed by atoms with E-state index in [1.54, 1.807) is 0 Å². The van der Waals surface area contributed by atoms with Crippen molar-refractivity contribution < 1.29 is 4.79 Å². The van der Waals surface area contributed by atoms with Crippen LogP contribution in [0, 0.1) is 20.8 Å². The minimum Gasteiger partial charge on any atom is -0.397 e. The first-order valence-electron chi connectivity index (χ1n) is 8.40. The van der Waals surface area contributed by atoms with Gasteiger partial charge in [-0.2, -0.15) is 0 Å². The fourth-order valence-electron chi connectivity index (χ4n) is 3.23. The number of rotatable bonds is 2. The van der Waals surface area contributed by atoms with E-state index in [2.05, 4.69) is 22.4 Å². The molecule has 0 saturated carbocycles. The van der Waals surface area contributed by atoms with Crippen LogP contribution < -0.4 is 11.1 Å². The molecule has 2 aromatic carbocycles. The van der Waals surface area contributed by atoms with Gasteiger partial charge < -0.3 is 11.1 Å². The fraction of sp³-hybridized carbons (Fsp3) is 0.143. The normalized spacial score (nSPS) is 11.2. The molecule has 0 aliphatic rings. The average Bonchev–Trinajstić information content (AvgIpc) is 2.88. The van der Waals surface area contributed by atoms with E-state index in [1.807, 2.05) is 51.1 Å². The molecule has 4 aromatic rings. The maximum atomic E-state index is 12.8. The Balaban J connectivity index is 1.77. The summed E-state index contributed by atoms with van der Waals surface area (Å²) in [7, 11) is 0. The maximum Gasteiger partial charge on any atom is 0.267 e. The number of nitrogens with one attached hydrogen (secondary N) is 1. The second-order valence-corrected chi connectivity index (χ2v) is 7.71. The first kappa shape index (κ1) is 16.5. The summed E-state index contributed by atoms with van der Waals surface area (Å²) >= 11 is 1.33. The van der Waals surface area contributed by atoms with E-state index in [0.29, 0.717) is 10.6 Å². The SMILES string of the molecule is Cc1cc(C)cc(NC(=O)c2sc3nc4ccc(C)cc4cc3c2N)c1. The molecular weight excluding hydrogens is 342 g/mol. The highest BCUT2D eigenvalue weighted by molar-refractivity contribution is 7.21. The number of nitrogens with two attached hydrogens (primary N) is 1. The van der Waals surface area contributed by atoms with Crippen LogP contribution in [-0.4, -0.2) is 10.9 Å². The maximum absolute atomic E-state index is 12.8. The lowest BCUT2D eigenvalue weighted by molar-refractivity contribution is 0.103. The molecule has 4 nitrogen and oxygen atoms in total. The monoisotopic (exact) mass is 361 g/mol. The number of amides is 1. The minimum atomic E-state index is -0.198. The summed E-state index contributed by atoms with van der Waals surface area (Å²) in [6, 6.07) is 14.1. The van der Waals surface area contributed by atoms with Crippen LogP contribution in [0.2, 0.25) is 0 Å². The highest BCUT2D eigenvalue weighted by Gasteiger charge is 2.18. The van der Waals surface area contributed by atoms with Gasteiger partial charge in [0.2, 0.25) is 0 Å². The molecule has 2 aromatic heterocycles. The van der Waals surface area contributed by atoms with Gasteiger partial charge in [-0.1, -0.05) is 17.7 Å². The van der Waals surface area contributed by atoms with Gasteiger partial charge in [0, 0.05) is 16.5 Å². The van der Waals surface area contributed by atoms with Gasteiger partial charge in [0.25, 0.3) is 5.91 Å². The quantitative estimate of drug-likeness (QED) is 0.515. The minimum absolute atomic E-state index is 0.198. The average molecular weight is 361 g/mol. The molecule has 0 unspecified atom stereocenters. The van der Waals surface area contributed by atoms with Crippen molar-refractivity contribution in [3.05, 3.63) is 64.0 Å². The van der Waals surface area contributed by atoms with Crippen molar-refractivity contribution in [2.24, 2.45) is 0 Å². The first-order valence-corrected chi connectivity index (χ1v) is 9.21. The molecule has 0 saturated heterocycles. The van der Waals surface area contributed by atoms with Gasteiger partial charge in [-0.3, -0.25) is 4.79 Å². The number of carbonyl (C=O) groups excluding carboxylic acids is 1. The van der Waals surface area contributed by atoms with Crippen LogP contribution in [0.25, 0.3) is 21.1 Å². The zero-order chi connectivity index (χ0) is 18.4. The predicted molar refractivity (Wildman–Crippen MR) is 110 cm³/mol. The third-order valence-electron chi connectivity index (χ3n) is 4.35. The highest BCUT2D eigenvalue weighted by atomic mass is 32.1. The zero-order valence-corrected chi connectivity index (χ0v) is 15.7. The number of anilines is 2. The molecule has 0 fully saturated rings. The molecule has 5 heteroatoms. The van der Waals surface area contributed by atoms with Crippen LogP contribution in [-0.2, 0) is 0 Å². The number of nitrogen functional groups attached to an aromatic ring is 1. The number of hydrogen-bond acceptors (Lipinski definition) is 4. The van der Waals surface area contributed by atoms with Crippen molar-refractivity contribution >= 4 is 49.7 Å². The number of nitrogens with zero attached hydrogens (tertiary/aromatic N) is 1. The number of thiophene rings is 1. The van der Waals surface area contributed by atoms with Gasteiger partial charge in [0.05, 0.1) is 11.2 Å². The Labute approximate surface area is 155 Å². The van der Waals surface area contributed by atoms with E-state index < -0.39 is 0 Å². The Bertz CT molecular complexity index is 1160. The Kier molecular flexibility index (Phi) is 3.89. The van der Waals surface area contributed by atoms with E-state index in [1.165, 1.54) is 16.9 Å². The van der Waals surface area contributed by atoms with E-state index in [0.717, 1.165) is 37.9 Å². The second-order valence-electron chi connectivity index (χ2n) is 6.71. The van der Waals surface area contributed by atoms with Crippen LogP contribution in [0.1, 0.15) is 26.4 Å². The third kappa shape index (κ3) is 2.91. The van der Waals surface area contributed by atoms with Crippen molar-refractivity contribution in [1.82, 2.24) is 4.98 Å². The standard InChI is InChI=1S/C21H19N3OS/c1-11-4-5-17-14(7-11)10-16-18(22)19(26-21(16)24-17)20(25)23-15-8-12(2)6-13(3)9-15/h4-10H,22H2,1-3H3,(H,23,25). The van der Waals surface area contributed by atoms with Crippen molar-refractivity contribution in [2.45, 2.75) is 20.8 Å². The molecule has 1 amide bonds. The molecule has 0 spiro atoms. The second kappa shape index (κ2) is 6.11. The number of aryl methyl sites for hydroxylation is 3. The van der Waals surface area contributed by atoms with E-state index in [4.69, 9.17) is 5.73 Å². The summed E-state index contributed by atoms with van der Waals surface area (Å²) < 4.78 is 0. The molecule has 0 radical (unpaired) electrons. The van der Waals surface area contributed by atoms with Crippen LogP contribution >= 0.6 is 11.3 Å². The molecule has 0 atom stereocenters. The first-order chi connectivity index (χ1) is 12.4. The number of fused-ring (bicyclic) bond motifs is 2. The lowest BCUT2D eigenvalue weighted by atomic mass is 10.1. The number of benzene rings is 2. The molecule has 130 valence electrons. The number of pyridine rings is 1. The molecule has 0 aliphatic heterocycles. The van der Waals surface area contributed by atoms with E-state index >= 15 is 0 Å². The Morgan fingerprint density at radius 2 is 1.73 bits per heavy atom. The van der Waals surface area contributed by atoms with Gasteiger partial charge in [0.15, 0.2) is 0 Å².